The number of phenols is 1. The molecule has 3 N–H and O–H groups in total. The average Bonchev–Trinajstić information content (AvgIpc) is 3.06. The number of esters is 1. The summed E-state index contributed by atoms with van der Waals surface area (Å²) >= 11 is 1.58. The highest BCUT2D eigenvalue weighted by Gasteiger charge is 2.14. The maximum atomic E-state index is 11.7. The van der Waals surface area contributed by atoms with E-state index in [2.05, 4.69) is 10.6 Å². The Hall–Kier alpha value is -2.87. The zero-order chi connectivity index (χ0) is 17.4. The molecule has 1 aromatic heterocycles. The minimum absolute atomic E-state index is 0.0503. The van der Waals surface area contributed by atoms with Gasteiger partial charge in [0, 0.05) is 11.4 Å². The molecule has 126 valence electrons. The molecule has 1 heterocycles. The Morgan fingerprint density at radius 3 is 2.62 bits per heavy atom. The highest BCUT2D eigenvalue weighted by molar-refractivity contribution is 7.09. The zero-order valence-corrected chi connectivity index (χ0v) is 13.5. The third-order valence-electron chi connectivity index (χ3n) is 2.95. The van der Waals surface area contributed by atoms with Crippen LogP contribution in [-0.2, 0) is 16.0 Å². The lowest BCUT2D eigenvalue weighted by Gasteiger charge is -2.07. The van der Waals surface area contributed by atoms with Gasteiger partial charge < -0.3 is 15.2 Å². The zero-order valence-electron chi connectivity index (χ0n) is 12.7. The largest absolute Gasteiger partial charge is 0.507 e. The third-order valence-corrected chi connectivity index (χ3v) is 3.88. The molecule has 2 rings (SSSR count). The number of urea groups is 1. The molecular formula is C16H16N2O5S. The monoisotopic (exact) mass is 348 g/mol. The standard InChI is InChI=1S/C16H16N2O5S/c19-13-6-2-1-5-12(13)15(21)23-10-14(20)18-16(22)17-8-7-11-4-3-9-24-11/h1-6,9,19H,7-8,10H2,(H2,17,18,20,22). The van der Waals surface area contributed by atoms with Gasteiger partial charge in [-0.1, -0.05) is 18.2 Å². The number of imide groups is 1. The Morgan fingerprint density at radius 2 is 1.92 bits per heavy atom. The van der Waals surface area contributed by atoms with Crippen molar-refractivity contribution in [1.82, 2.24) is 10.6 Å². The number of ether oxygens (including phenoxy) is 1. The number of hydrogen-bond donors (Lipinski definition) is 3. The van der Waals surface area contributed by atoms with Gasteiger partial charge in [0.15, 0.2) is 6.61 Å². The fourth-order valence-corrected chi connectivity index (χ4v) is 2.53. The summed E-state index contributed by atoms with van der Waals surface area (Å²) in [6.07, 6.45) is 0.668. The fourth-order valence-electron chi connectivity index (χ4n) is 1.82. The lowest BCUT2D eigenvalue weighted by molar-refractivity contribution is -0.123. The second-order valence-electron chi connectivity index (χ2n) is 4.73. The molecular weight excluding hydrogens is 332 g/mol. The van der Waals surface area contributed by atoms with Crippen LogP contribution >= 0.6 is 11.3 Å². The van der Waals surface area contributed by atoms with Crippen molar-refractivity contribution in [3.05, 3.63) is 52.2 Å². The van der Waals surface area contributed by atoms with Gasteiger partial charge in [-0.25, -0.2) is 9.59 Å². The third kappa shape index (κ3) is 5.40. The van der Waals surface area contributed by atoms with Crippen molar-refractivity contribution in [3.8, 4) is 5.75 Å². The topological polar surface area (TPSA) is 105 Å². The summed E-state index contributed by atoms with van der Waals surface area (Å²) in [7, 11) is 0. The number of nitrogens with one attached hydrogen (secondary N) is 2. The van der Waals surface area contributed by atoms with E-state index in [9.17, 15) is 19.5 Å². The first-order valence-corrected chi connectivity index (χ1v) is 7.99. The summed E-state index contributed by atoms with van der Waals surface area (Å²) in [5.41, 5.74) is -0.0503. The second-order valence-corrected chi connectivity index (χ2v) is 5.76. The summed E-state index contributed by atoms with van der Waals surface area (Å²) in [6, 6.07) is 9.02. The lowest BCUT2D eigenvalue weighted by atomic mass is 10.2. The van der Waals surface area contributed by atoms with E-state index in [0.717, 1.165) is 4.88 Å². The number of hydrogen-bond acceptors (Lipinski definition) is 6. The normalized spacial score (nSPS) is 10.0. The molecule has 0 saturated carbocycles. The van der Waals surface area contributed by atoms with Crippen LogP contribution in [0.25, 0.3) is 0 Å². The van der Waals surface area contributed by atoms with Gasteiger partial charge in [0.1, 0.15) is 11.3 Å². The van der Waals surface area contributed by atoms with Gasteiger partial charge in [-0.3, -0.25) is 10.1 Å². The smallest absolute Gasteiger partial charge is 0.342 e. The Morgan fingerprint density at radius 1 is 1.12 bits per heavy atom. The fraction of sp³-hybridized carbons (Fsp3) is 0.188. The van der Waals surface area contributed by atoms with Crippen LogP contribution in [0, 0.1) is 0 Å². The summed E-state index contributed by atoms with van der Waals surface area (Å²) in [6.45, 7) is -0.233. The van der Waals surface area contributed by atoms with E-state index in [1.807, 2.05) is 17.5 Å². The van der Waals surface area contributed by atoms with Crippen molar-refractivity contribution in [1.29, 1.82) is 0 Å². The lowest BCUT2D eigenvalue weighted by Crippen LogP contribution is -2.42. The van der Waals surface area contributed by atoms with E-state index in [-0.39, 0.29) is 11.3 Å². The molecule has 0 saturated heterocycles. The summed E-state index contributed by atoms with van der Waals surface area (Å²) in [4.78, 5) is 35.9. The number of carbonyl (C=O) groups excluding carboxylic acids is 3. The van der Waals surface area contributed by atoms with E-state index >= 15 is 0 Å². The molecule has 7 nitrogen and oxygen atoms in total. The van der Waals surface area contributed by atoms with Crippen LogP contribution in [0.2, 0.25) is 0 Å². The van der Waals surface area contributed by atoms with Crippen LogP contribution in [0.4, 0.5) is 4.79 Å². The number of carbonyl (C=O) groups is 3. The maximum Gasteiger partial charge on any atom is 0.342 e. The van der Waals surface area contributed by atoms with Crippen molar-refractivity contribution in [3.63, 3.8) is 0 Å². The molecule has 8 heteroatoms. The van der Waals surface area contributed by atoms with E-state index in [1.165, 1.54) is 12.1 Å². The second kappa shape index (κ2) is 8.68. The van der Waals surface area contributed by atoms with Gasteiger partial charge in [0.2, 0.25) is 0 Å². The number of phenolic OH excluding ortho intramolecular Hbond substituents is 1. The Labute approximate surface area is 142 Å². The summed E-state index contributed by atoms with van der Waals surface area (Å²) in [5, 5.41) is 16.0. The minimum Gasteiger partial charge on any atom is -0.507 e. The average molecular weight is 348 g/mol. The van der Waals surface area contributed by atoms with Crippen LogP contribution in [0.1, 0.15) is 15.2 Å². The van der Waals surface area contributed by atoms with Crippen molar-refractivity contribution in [2.75, 3.05) is 13.2 Å². The molecule has 0 spiro atoms. The molecule has 0 atom stereocenters. The van der Waals surface area contributed by atoms with Gasteiger partial charge in [0.05, 0.1) is 0 Å². The molecule has 24 heavy (non-hydrogen) atoms. The Balaban J connectivity index is 1.68. The van der Waals surface area contributed by atoms with Crippen LogP contribution in [-0.4, -0.2) is 36.2 Å². The highest BCUT2D eigenvalue weighted by Crippen LogP contribution is 2.16. The minimum atomic E-state index is -0.846. The molecule has 2 aromatic rings. The predicted octanol–water partition coefficient (Wildman–Crippen LogP) is 1.68. The van der Waals surface area contributed by atoms with E-state index < -0.39 is 24.5 Å². The van der Waals surface area contributed by atoms with E-state index in [0.29, 0.717) is 13.0 Å². The van der Waals surface area contributed by atoms with Crippen molar-refractivity contribution >= 4 is 29.2 Å². The molecule has 0 fully saturated rings. The summed E-state index contributed by atoms with van der Waals surface area (Å²) < 4.78 is 4.75. The quantitative estimate of drug-likeness (QED) is 0.689. The van der Waals surface area contributed by atoms with Crippen LogP contribution in [0.3, 0.4) is 0 Å². The summed E-state index contributed by atoms with van der Waals surface area (Å²) in [5.74, 6) is -1.84. The first-order chi connectivity index (χ1) is 11.6. The van der Waals surface area contributed by atoms with Crippen molar-refractivity contribution < 1.29 is 24.2 Å². The van der Waals surface area contributed by atoms with Gasteiger partial charge in [0.25, 0.3) is 5.91 Å². The SMILES string of the molecule is O=C(COC(=O)c1ccccc1O)NC(=O)NCCc1cccs1. The van der Waals surface area contributed by atoms with Gasteiger partial charge in [-0.15, -0.1) is 11.3 Å². The number of amides is 3. The molecule has 0 aliphatic rings. The van der Waals surface area contributed by atoms with Crippen molar-refractivity contribution in [2.24, 2.45) is 0 Å². The molecule has 0 aliphatic heterocycles. The Bertz CT molecular complexity index is 715. The highest BCUT2D eigenvalue weighted by atomic mass is 32.1. The first-order valence-electron chi connectivity index (χ1n) is 7.11. The molecule has 0 radical (unpaired) electrons. The molecule has 3 amide bonds. The maximum absolute atomic E-state index is 11.7. The van der Waals surface area contributed by atoms with Crippen molar-refractivity contribution in [2.45, 2.75) is 6.42 Å². The van der Waals surface area contributed by atoms with Gasteiger partial charge in [-0.05, 0) is 30.0 Å². The number of benzene rings is 1. The number of para-hydroxylation sites is 1. The van der Waals surface area contributed by atoms with E-state index in [4.69, 9.17) is 4.74 Å². The molecule has 0 bridgehead atoms. The van der Waals surface area contributed by atoms with Gasteiger partial charge in [-0.2, -0.15) is 0 Å². The predicted molar refractivity (Wildman–Crippen MR) is 88.0 cm³/mol. The number of aromatic hydroxyl groups is 1. The van der Waals surface area contributed by atoms with Crippen LogP contribution in [0.5, 0.6) is 5.75 Å². The van der Waals surface area contributed by atoms with Gasteiger partial charge >= 0.3 is 12.0 Å². The van der Waals surface area contributed by atoms with Crippen LogP contribution in [0.15, 0.2) is 41.8 Å². The molecule has 0 aliphatic carbocycles. The number of rotatable bonds is 6. The van der Waals surface area contributed by atoms with Crippen LogP contribution < -0.4 is 10.6 Å². The van der Waals surface area contributed by atoms with E-state index in [1.54, 1.807) is 23.5 Å². The molecule has 0 unspecified atom stereocenters. The Kier molecular flexibility index (Phi) is 6.32. The molecule has 1 aromatic carbocycles. The first kappa shape index (κ1) is 17.5. The number of thiophene rings is 1.